The molecule has 2 aromatic carbocycles. The van der Waals surface area contributed by atoms with Crippen molar-refractivity contribution in [1.82, 2.24) is 0 Å². The number of benzene rings is 2. The minimum atomic E-state index is -0.569. The third-order valence-corrected chi connectivity index (χ3v) is 5.57. The van der Waals surface area contributed by atoms with E-state index in [0.29, 0.717) is 75.2 Å². The Hall–Kier alpha value is -4.07. The summed E-state index contributed by atoms with van der Waals surface area (Å²) in [6.45, 7) is 4.11. The van der Waals surface area contributed by atoms with Crippen molar-refractivity contribution in [2.45, 2.75) is 0 Å². The first-order valence-electron chi connectivity index (χ1n) is 13.9. The van der Waals surface area contributed by atoms with Crippen molar-refractivity contribution >= 4 is 23.8 Å². The number of hydrogen-bond donors (Lipinski definition) is 0. The Balaban J connectivity index is 1.93. The Morgan fingerprint density at radius 3 is 1.52 bits per heavy atom. The van der Waals surface area contributed by atoms with E-state index in [2.05, 4.69) is 16.8 Å². The Kier molecular flexibility index (Phi) is 18.4. The zero-order valence-corrected chi connectivity index (χ0v) is 25.2. The molecule has 0 fully saturated rings. The minimum absolute atomic E-state index is 0.0585. The van der Waals surface area contributed by atoms with Gasteiger partial charge in [-0.1, -0.05) is 11.8 Å². The molecule has 11 heteroatoms. The number of terminal acetylenes is 2. The summed E-state index contributed by atoms with van der Waals surface area (Å²) in [6, 6.07) is 9.57. The fourth-order valence-corrected chi connectivity index (χ4v) is 3.45. The highest BCUT2D eigenvalue weighted by Gasteiger charge is 2.12. The fourth-order valence-electron chi connectivity index (χ4n) is 3.45. The van der Waals surface area contributed by atoms with Gasteiger partial charge in [-0.2, -0.15) is 0 Å². The van der Waals surface area contributed by atoms with Crippen LogP contribution in [0.2, 0.25) is 0 Å². The maximum Gasteiger partial charge on any atom is 0.338 e. The fraction of sp³-hybridized carbons (Fsp3) is 0.424. The highest BCUT2D eigenvalue weighted by molar-refractivity contribution is 5.94. The molecule has 0 N–H and O–H groups in total. The predicted molar refractivity (Wildman–Crippen MR) is 164 cm³/mol. The number of carbonyl (C=O) groups excluding carboxylic acids is 2. The molecule has 236 valence electrons. The summed E-state index contributed by atoms with van der Waals surface area (Å²) in [7, 11) is 3.20. The molecule has 11 nitrogen and oxygen atoms in total. The summed E-state index contributed by atoms with van der Waals surface area (Å²) < 4.78 is 41.8. The van der Waals surface area contributed by atoms with Crippen molar-refractivity contribution in [2.75, 3.05) is 93.5 Å². The normalized spacial score (nSPS) is 10.8. The molecule has 0 spiro atoms. The van der Waals surface area contributed by atoms with Crippen molar-refractivity contribution in [2.24, 2.45) is 4.99 Å². The first-order chi connectivity index (χ1) is 21.5. The molecule has 0 amide bonds. The molecule has 0 aliphatic rings. The quantitative estimate of drug-likeness (QED) is 0.0853. The summed E-state index contributed by atoms with van der Waals surface area (Å²) >= 11 is 0. The van der Waals surface area contributed by atoms with Gasteiger partial charge in [0, 0.05) is 31.6 Å². The van der Waals surface area contributed by atoms with Crippen LogP contribution in [0, 0.1) is 24.7 Å². The zero-order chi connectivity index (χ0) is 31.8. The van der Waals surface area contributed by atoms with Gasteiger partial charge in [0.1, 0.15) is 13.2 Å². The molecule has 0 aliphatic heterocycles. The van der Waals surface area contributed by atoms with Gasteiger partial charge in [-0.15, -0.1) is 12.8 Å². The smallest absolute Gasteiger partial charge is 0.338 e. The Morgan fingerprint density at radius 1 is 0.614 bits per heavy atom. The molecule has 44 heavy (non-hydrogen) atoms. The van der Waals surface area contributed by atoms with Crippen LogP contribution >= 0.6 is 0 Å². The molecule has 0 bridgehead atoms. The van der Waals surface area contributed by atoms with Crippen LogP contribution in [-0.4, -0.2) is 112 Å². The van der Waals surface area contributed by atoms with E-state index >= 15 is 0 Å². The van der Waals surface area contributed by atoms with Gasteiger partial charge in [0.25, 0.3) is 0 Å². The average Bonchev–Trinajstić information content (AvgIpc) is 3.05. The van der Waals surface area contributed by atoms with Crippen LogP contribution in [0.3, 0.4) is 0 Å². The number of hydrogen-bond acceptors (Lipinski definition) is 11. The van der Waals surface area contributed by atoms with Crippen LogP contribution in [0.4, 0.5) is 5.69 Å². The summed E-state index contributed by atoms with van der Waals surface area (Å²) in [4.78, 5) is 29.7. The van der Waals surface area contributed by atoms with Gasteiger partial charge >= 0.3 is 11.9 Å². The number of nitrogens with zero attached hydrogens (tertiary/aromatic N) is 1. The molecule has 2 rings (SSSR count). The average molecular weight is 610 g/mol. The molecule has 0 saturated heterocycles. The number of aliphatic imine (C=N–C) groups is 1. The Labute approximate surface area is 258 Å². The molecule has 0 heterocycles. The molecule has 0 unspecified atom stereocenters. The number of rotatable bonds is 22. The van der Waals surface area contributed by atoms with Crippen LogP contribution in [0.15, 0.2) is 41.4 Å². The predicted octanol–water partition coefficient (Wildman–Crippen LogP) is 3.07. The Bertz CT molecular complexity index is 1180. The number of carbonyl (C=O) groups is 2. The van der Waals surface area contributed by atoms with E-state index in [1.165, 1.54) is 12.3 Å². The van der Waals surface area contributed by atoms with Gasteiger partial charge in [0.05, 0.1) is 82.9 Å². The second-order valence-electron chi connectivity index (χ2n) is 8.87. The van der Waals surface area contributed by atoms with Gasteiger partial charge in [-0.05, 0) is 42.0 Å². The van der Waals surface area contributed by atoms with Crippen LogP contribution in [0.1, 0.15) is 37.4 Å². The number of methoxy groups -OCH3 is 2. The third kappa shape index (κ3) is 14.9. The lowest BCUT2D eigenvalue weighted by Gasteiger charge is -2.08. The summed E-state index contributed by atoms with van der Waals surface area (Å²) in [5, 5.41) is 0. The number of esters is 2. The number of ether oxygens (including phenoxy) is 8. The summed E-state index contributed by atoms with van der Waals surface area (Å²) in [5.74, 6) is 3.91. The highest BCUT2D eigenvalue weighted by atomic mass is 16.6. The third-order valence-electron chi connectivity index (χ3n) is 5.57. The second-order valence-corrected chi connectivity index (χ2v) is 8.87. The highest BCUT2D eigenvalue weighted by Crippen LogP contribution is 2.19. The van der Waals surface area contributed by atoms with Gasteiger partial charge in [0.2, 0.25) is 0 Å². The first-order valence-corrected chi connectivity index (χ1v) is 13.9. The maximum absolute atomic E-state index is 12.6. The monoisotopic (exact) mass is 609 g/mol. The lowest BCUT2D eigenvalue weighted by atomic mass is 10.1. The van der Waals surface area contributed by atoms with Crippen LogP contribution in [-0.2, 0) is 37.9 Å². The van der Waals surface area contributed by atoms with E-state index in [9.17, 15) is 9.59 Å². The van der Waals surface area contributed by atoms with E-state index in [4.69, 9.17) is 50.7 Å². The lowest BCUT2D eigenvalue weighted by molar-refractivity contribution is 0.00552. The summed E-state index contributed by atoms with van der Waals surface area (Å²) in [6.07, 6.45) is 12.7. The van der Waals surface area contributed by atoms with E-state index in [1.54, 1.807) is 44.6 Å². The van der Waals surface area contributed by atoms with E-state index in [0.717, 1.165) is 0 Å². The molecular weight excluding hydrogens is 570 g/mol. The van der Waals surface area contributed by atoms with Crippen molar-refractivity contribution < 1.29 is 47.5 Å². The molecule has 2 aromatic rings. The molecule has 0 aromatic heterocycles. The van der Waals surface area contributed by atoms with Crippen molar-refractivity contribution in [3.8, 4) is 24.7 Å². The van der Waals surface area contributed by atoms with E-state index in [1.807, 2.05) is 0 Å². The van der Waals surface area contributed by atoms with Gasteiger partial charge in [0.15, 0.2) is 0 Å². The first kappa shape index (κ1) is 36.1. The topological polar surface area (TPSA) is 120 Å². The SMILES string of the molecule is C#Cc1cc(C=Nc2cc(C#C)cc(C(=O)OCCOCCOCCOC)c2)cc(C(=O)OCCOCCOCCOC)c1. The van der Waals surface area contributed by atoms with Crippen LogP contribution in [0.25, 0.3) is 0 Å². The standard InChI is InChI=1S/C33H39NO10/c1-5-26-19-28(22-29(20-26)32(35)43-17-15-41-13-11-39-9-7-37-3)25-34-31-23-27(6-2)21-30(24-31)33(36)44-18-16-42-14-12-40-10-8-38-4/h1-2,19-25H,7-18H2,3-4H3. The second kappa shape index (κ2) is 22.5. The molecule has 0 atom stereocenters. The molecule has 0 saturated carbocycles. The maximum atomic E-state index is 12.6. The largest absolute Gasteiger partial charge is 0.460 e. The van der Waals surface area contributed by atoms with Gasteiger partial charge < -0.3 is 37.9 Å². The van der Waals surface area contributed by atoms with E-state index < -0.39 is 11.9 Å². The minimum Gasteiger partial charge on any atom is -0.460 e. The summed E-state index contributed by atoms with van der Waals surface area (Å²) in [5.41, 5.74) is 2.37. The van der Waals surface area contributed by atoms with Gasteiger partial charge in [-0.25, -0.2) is 9.59 Å². The molecule has 0 aliphatic carbocycles. The van der Waals surface area contributed by atoms with E-state index in [-0.39, 0.29) is 37.6 Å². The Morgan fingerprint density at radius 2 is 1.05 bits per heavy atom. The molecular formula is C33H39NO10. The van der Waals surface area contributed by atoms with Crippen LogP contribution < -0.4 is 0 Å². The van der Waals surface area contributed by atoms with Crippen LogP contribution in [0.5, 0.6) is 0 Å². The van der Waals surface area contributed by atoms with Crippen molar-refractivity contribution in [1.29, 1.82) is 0 Å². The molecule has 0 radical (unpaired) electrons. The van der Waals surface area contributed by atoms with Crippen molar-refractivity contribution in [3.05, 3.63) is 64.2 Å². The zero-order valence-electron chi connectivity index (χ0n) is 25.2. The van der Waals surface area contributed by atoms with Crippen molar-refractivity contribution in [3.63, 3.8) is 0 Å². The lowest BCUT2D eigenvalue weighted by Crippen LogP contribution is -2.14. The van der Waals surface area contributed by atoms with Gasteiger partial charge in [-0.3, -0.25) is 4.99 Å².